The van der Waals surface area contributed by atoms with E-state index >= 15 is 0 Å². The molecule has 22 heavy (non-hydrogen) atoms. The smallest absolute Gasteiger partial charge is 0.253 e. The Bertz CT molecular complexity index is 710. The van der Waals surface area contributed by atoms with Crippen LogP contribution in [-0.4, -0.2) is 21.6 Å². The Morgan fingerprint density at radius 1 is 1.36 bits per heavy atom. The minimum absolute atomic E-state index is 0.135. The zero-order valence-corrected chi connectivity index (χ0v) is 13.2. The van der Waals surface area contributed by atoms with Crippen molar-refractivity contribution in [3.8, 4) is 0 Å². The van der Waals surface area contributed by atoms with Crippen molar-refractivity contribution in [1.82, 2.24) is 9.97 Å². The maximum Gasteiger partial charge on any atom is 0.253 e. The fourth-order valence-corrected chi connectivity index (χ4v) is 2.49. The monoisotopic (exact) mass is 318 g/mol. The Balaban J connectivity index is 1.91. The van der Waals surface area contributed by atoms with Gasteiger partial charge in [-0.3, -0.25) is 9.59 Å². The lowest BCUT2D eigenvalue weighted by Gasteiger charge is -2.08. The van der Waals surface area contributed by atoms with Crippen molar-refractivity contribution in [2.75, 3.05) is 16.8 Å². The summed E-state index contributed by atoms with van der Waals surface area (Å²) in [6, 6.07) is 8.92. The molecule has 1 aromatic carbocycles. The van der Waals surface area contributed by atoms with Crippen molar-refractivity contribution >= 4 is 29.2 Å². The predicted molar refractivity (Wildman–Crippen MR) is 89.2 cm³/mol. The highest BCUT2D eigenvalue weighted by atomic mass is 32.2. The number of benzene rings is 1. The summed E-state index contributed by atoms with van der Waals surface area (Å²) in [6.45, 7) is 4.23. The van der Waals surface area contributed by atoms with E-state index in [2.05, 4.69) is 29.1 Å². The second kappa shape index (κ2) is 7.13. The maximum absolute atomic E-state index is 11.9. The van der Waals surface area contributed by atoms with Gasteiger partial charge in [-0.15, -0.1) is 0 Å². The van der Waals surface area contributed by atoms with Gasteiger partial charge < -0.3 is 16.0 Å². The van der Waals surface area contributed by atoms with Crippen LogP contribution in [-0.2, 0) is 4.79 Å². The Morgan fingerprint density at radius 3 is 2.64 bits per heavy atom. The van der Waals surface area contributed by atoms with E-state index in [-0.39, 0.29) is 23.0 Å². The van der Waals surface area contributed by atoms with Crippen molar-refractivity contribution in [3.05, 3.63) is 46.2 Å². The van der Waals surface area contributed by atoms with E-state index in [1.165, 1.54) is 11.6 Å². The Labute approximate surface area is 132 Å². The first kappa shape index (κ1) is 16.1. The van der Waals surface area contributed by atoms with Crippen LogP contribution < -0.4 is 16.6 Å². The normalized spacial score (nSPS) is 10.7. The quantitative estimate of drug-likeness (QED) is 0.579. The van der Waals surface area contributed by atoms with Gasteiger partial charge in [0.15, 0.2) is 5.16 Å². The largest absolute Gasteiger partial charge is 0.383 e. The van der Waals surface area contributed by atoms with Gasteiger partial charge in [-0.05, 0) is 23.6 Å². The second-order valence-corrected chi connectivity index (χ2v) is 6.05. The highest BCUT2D eigenvalue weighted by Gasteiger charge is 2.07. The van der Waals surface area contributed by atoms with Crippen molar-refractivity contribution in [2.24, 2.45) is 0 Å². The highest BCUT2D eigenvalue weighted by Crippen LogP contribution is 2.18. The summed E-state index contributed by atoms with van der Waals surface area (Å²) in [5.41, 5.74) is 7.11. The summed E-state index contributed by atoms with van der Waals surface area (Å²) in [5, 5.41) is 3.13. The van der Waals surface area contributed by atoms with Crippen molar-refractivity contribution in [2.45, 2.75) is 24.9 Å². The third-order valence-electron chi connectivity index (χ3n) is 2.94. The Hall–Kier alpha value is -2.28. The van der Waals surface area contributed by atoms with Crippen LogP contribution in [0.25, 0.3) is 0 Å². The van der Waals surface area contributed by atoms with Gasteiger partial charge in [0.05, 0.1) is 5.75 Å². The predicted octanol–water partition coefficient (Wildman–Crippen LogP) is 2.21. The number of H-pyrrole nitrogens is 1. The zero-order chi connectivity index (χ0) is 16.1. The first-order valence-electron chi connectivity index (χ1n) is 6.83. The molecular weight excluding hydrogens is 300 g/mol. The molecule has 0 unspecified atom stereocenters. The summed E-state index contributed by atoms with van der Waals surface area (Å²) in [5.74, 6) is 0.549. The van der Waals surface area contributed by atoms with Crippen LogP contribution in [0.2, 0.25) is 0 Å². The lowest BCUT2D eigenvalue weighted by Crippen LogP contribution is -2.15. The third kappa shape index (κ3) is 4.63. The van der Waals surface area contributed by atoms with Crippen LogP contribution in [0.15, 0.2) is 40.3 Å². The average Bonchev–Trinajstić information content (AvgIpc) is 2.45. The number of amides is 1. The number of hydrogen-bond acceptors (Lipinski definition) is 5. The number of rotatable bonds is 5. The number of anilines is 2. The van der Waals surface area contributed by atoms with E-state index in [0.717, 1.165) is 17.4 Å². The fraction of sp³-hybridized carbons (Fsp3) is 0.267. The molecule has 0 spiro atoms. The molecule has 0 bridgehead atoms. The third-order valence-corrected chi connectivity index (χ3v) is 3.81. The van der Waals surface area contributed by atoms with Crippen LogP contribution in [0.3, 0.4) is 0 Å². The number of nitrogens with zero attached hydrogens (tertiary/aromatic N) is 1. The molecule has 1 aromatic heterocycles. The van der Waals surface area contributed by atoms with E-state index in [1.807, 2.05) is 24.3 Å². The molecule has 2 rings (SSSR count). The van der Waals surface area contributed by atoms with Crippen LogP contribution >= 0.6 is 11.8 Å². The molecule has 0 aliphatic rings. The SMILES string of the molecule is CC(C)c1ccc(NC(=O)CSc2nc(N)cc(=O)[nH]2)cc1. The van der Waals surface area contributed by atoms with Gasteiger partial charge in [-0.1, -0.05) is 37.7 Å². The number of nitrogens with one attached hydrogen (secondary N) is 2. The van der Waals surface area contributed by atoms with Crippen molar-refractivity contribution < 1.29 is 4.79 Å². The van der Waals surface area contributed by atoms with Gasteiger partial charge >= 0.3 is 0 Å². The first-order chi connectivity index (χ1) is 10.4. The van der Waals surface area contributed by atoms with Gasteiger partial charge in [0.2, 0.25) is 5.91 Å². The molecule has 0 fully saturated rings. The number of carbonyl (C=O) groups excluding carboxylic acids is 1. The summed E-state index contributed by atoms with van der Waals surface area (Å²) in [6.07, 6.45) is 0. The molecule has 6 nitrogen and oxygen atoms in total. The molecule has 2 aromatic rings. The van der Waals surface area contributed by atoms with Crippen LogP contribution in [0.4, 0.5) is 11.5 Å². The fourth-order valence-electron chi connectivity index (χ4n) is 1.80. The average molecular weight is 318 g/mol. The standard InChI is InChI=1S/C15H18N4O2S/c1-9(2)10-3-5-11(6-4-10)17-14(21)8-22-15-18-12(16)7-13(20)19-15/h3-7,9H,8H2,1-2H3,(H,17,21)(H3,16,18,19,20). The number of carbonyl (C=O) groups is 1. The van der Waals surface area contributed by atoms with Crippen molar-refractivity contribution in [1.29, 1.82) is 0 Å². The summed E-state index contributed by atoms with van der Waals surface area (Å²) < 4.78 is 0. The lowest BCUT2D eigenvalue weighted by atomic mass is 10.0. The number of nitrogen functional groups attached to an aromatic ring is 1. The first-order valence-corrected chi connectivity index (χ1v) is 7.82. The van der Waals surface area contributed by atoms with Gasteiger partial charge in [0, 0.05) is 11.8 Å². The van der Waals surface area contributed by atoms with Crippen LogP contribution in [0, 0.1) is 0 Å². The van der Waals surface area contributed by atoms with E-state index < -0.39 is 0 Å². The molecule has 0 aliphatic heterocycles. The minimum atomic E-state index is -0.334. The van der Waals surface area contributed by atoms with Crippen LogP contribution in [0.5, 0.6) is 0 Å². The van der Waals surface area contributed by atoms with Crippen molar-refractivity contribution in [3.63, 3.8) is 0 Å². The molecular formula is C15H18N4O2S. The summed E-state index contributed by atoms with van der Waals surface area (Å²) in [7, 11) is 0. The Kier molecular flexibility index (Phi) is 5.21. The number of hydrogen-bond donors (Lipinski definition) is 3. The summed E-state index contributed by atoms with van der Waals surface area (Å²) in [4.78, 5) is 29.6. The number of thioether (sulfide) groups is 1. The molecule has 1 heterocycles. The van der Waals surface area contributed by atoms with Gasteiger partial charge in [-0.25, -0.2) is 4.98 Å². The molecule has 1 amide bonds. The number of aromatic amines is 1. The van der Waals surface area contributed by atoms with E-state index in [4.69, 9.17) is 5.73 Å². The minimum Gasteiger partial charge on any atom is -0.383 e. The molecule has 4 N–H and O–H groups in total. The molecule has 0 saturated carbocycles. The van der Waals surface area contributed by atoms with Gasteiger partial charge in [0.1, 0.15) is 5.82 Å². The van der Waals surface area contributed by atoms with Gasteiger partial charge in [-0.2, -0.15) is 0 Å². The zero-order valence-electron chi connectivity index (χ0n) is 12.4. The number of aromatic nitrogens is 2. The van der Waals surface area contributed by atoms with E-state index in [0.29, 0.717) is 11.1 Å². The highest BCUT2D eigenvalue weighted by molar-refractivity contribution is 7.99. The number of nitrogens with two attached hydrogens (primary N) is 1. The summed E-state index contributed by atoms with van der Waals surface area (Å²) >= 11 is 1.13. The Morgan fingerprint density at radius 2 is 2.05 bits per heavy atom. The molecule has 0 radical (unpaired) electrons. The lowest BCUT2D eigenvalue weighted by molar-refractivity contribution is -0.113. The molecule has 0 atom stereocenters. The van der Waals surface area contributed by atoms with Gasteiger partial charge in [0.25, 0.3) is 5.56 Å². The molecule has 7 heteroatoms. The van der Waals surface area contributed by atoms with Crippen LogP contribution in [0.1, 0.15) is 25.3 Å². The molecule has 116 valence electrons. The second-order valence-electron chi connectivity index (χ2n) is 5.09. The van der Waals surface area contributed by atoms with E-state index in [1.54, 1.807) is 0 Å². The molecule has 0 saturated heterocycles. The van der Waals surface area contributed by atoms with E-state index in [9.17, 15) is 9.59 Å². The molecule has 0 aliphatic carbocycles. The topological polar surface area (TPSA) is 101 Å². The maximum atomic E-state index is 11.9.